The molecular weight excluding hydrogens is 464 g/mol. The molecule has 30 heavy (non-hydrogen) atoms. The van der Waals surface area contributed by atoms with Gasteiger partial charge in [0.05, 0.1) is 17.0 Å². The number of nitrogens with zero attached hydrogens (tertiary/aromatic N) is 1. The zero-order valence-corrected chi connectivity index (χ0v) is 18.9. The summed E-state index contributed by atoms with van der Waals surface area (Å²) in [4.78, 5) is 17.3. The van der Waals surface area contributed by atoms with Gasteiger partial charge in [-0.3, -0.25) is 4.79 Å². The first-order chi connectivity index (χ1) is 14.6. The van der Waals surface area contributed by atoms with E-state index in [9.17, 15) is 4.79 Å². The van der Waals surface area contributed by atoms with E-state index in [0.29, 0.717) is 30.6 Å². The first kappa shape index (κ1) is 21.2. The van der Waals surface area contributed by atoms with E-state index in [0.717, 1.165) is 34.1 Å². The molecule has 1 saturated heterocycles. The zero-order valence-electron chi connectivity index (χ0n) is 16.5. The second kappa shape index (κ2) is 9.81. The average Bonchev–Trinajstić information content (AvgIpc) is 3.24. The van der Waals surface area contributed by atoms with Crippen molar-refractivity contribution < 1.29 is 13.9 Å². The predicted molar refractivity (Wildman–Crippen MR) is 122 cm³/mol. The number of rotatable bonds is 7. The lowest BCUT2D eigenvalue weighted by molar-refractivity contribution is -0.121. The van der Waals surface area contributed by atoms with Crippen molar-refractivity contribution in [3.8, 4) is 11.5 Å². The van der Waals surface area contributed by atoms with E-state index < -0.39 is 0 Å². The van der Waals surface area contributed by atoms with Gasteiger partial charge in [0, 0.05) is 29.0 Å². The molecule has 0 spiro atoms. The Hall–Kier alpha value is -2.09. The molecule has 1 amide bonds. The first-order valence-electron chi connectivity index (χ1n) is 9.87. The molecule has 2 heterocycles. The molecule has 1 aromatic heterocycles. The normalized spacial score (nSPS) is 15.6. The van der Waals surface area contributed by atoms with Crippen LogP contribution in [0.2, 0.25) is 0 Å². The van der Waals surface area contributed by atoms with Crippen LogP contribution in [0.1, 0.15) is 24.1 Å². The number of aromatic nitrogens is 1. The first-order valence-corrected chi connectivity index (χ1v) is 11.8. The quantitative estimate of drug-likeness (QED) is 0.499. The highest BCUT2D eigenvalue weighted by Gasteiger charge is 2.36. The van der Waals surface area contributed by atoms with Gasteiger partial charge in [0.1, 0.15) is 6.26 Å². The summed E-state index contributed by atoms with van der Waals surface area (Å²) in [7, 11) is 0. The Morgan fingerprint density at radius 2 is 1.93 bits per heavy atom. The Kier molecular flexibility index (Phi) is 6.92. The second-order valence-electron chi connectivity index (χ2n) is 7.26. The fourth-order valence-corrected chi connectivity index (χ4v) is 4.73. The number of halogens is 1. The van der Waals surface area contributed by atoms with E-state index >= 15 is 0 Å². The SMILES string of the molecule is O=C(CSCc1coc(-c2ccccc2)n1)NC1(c2cccc(Br)c2)CCOCC1. The van der Waals surface area contributed by atoms with E-state index in [-0.39, 0.29) is 11.4 Å². The minimum absolute atomic E-state index is 0.0219. The van der Waals surface area contributed by atoms with Gasteiger partial charge >= 0.3 is 0 Å². The van der Waals surface area contributed by atoms with Gasteiger partial charge in [-0.15, -0.1) is 11.8 Å². The second-order valence-corrected chi connectivity index (χ2v) is 9.16. The van der Waals surface area contributed by atoms with Crippen LogP contribution in [0.15, 0.2) is 69.8 Å². The van der Waals surface area contributed by atoms with Gasteiger partial charge in [0.15, 0.2) is 0 Å². The van der Waals surface area contributed by atoms with E-state index in [1.165, 1.54) is 11.8 Å². The number of thioether (sulfide) groups is 1. The zero-order chi connectivity index (χ0) is 20.8. The highest BCUT2D eigenvalue weighted by Crippen LogP contribution is 2.33. The van der Waals surface area contributed by atoms with Crippen molar-refractivity contribution in [3.05, 3.63) is 76.6 Å². The minimum Gasteiger partial charge on any atom is -0.444 e. The van der Waals surface area contributed by atoms with Gasteiger partial charge in [-0.05, 0) is 42.7 Å². The van der Waals surface area contributed by atoms with Gasteiger partial charge in [-0.25, -0.2) is 4.98 Å². The summed E-state index contributed by atoms with van der Waals surface area (Å²) in [6, 6.07) is 18.0. The maximum Gasteiger partial charge on any atom is 0.230 e. The summed E-state index contributed by atoms with van der Waals surface area (Å²) in [5, 5.41) is 3.29. The van der Waals surface area contributed by atoms with Crippen LogP contribution in [0.4, 0.5) is 0 Å². The molecule has 5 nitrogen and oxygen atoms in total. The number of nitrogens with one attached hydrogen (secondary N) is 1. The number of amides is 1. The lowest BCUT2D eigenvalue weighted by Crippen LogP contribution is -2.50. The van der Waals surface area contributed by atoms with Crippen LogP contribution in [0.3, 0.4) is 0 Å². The Morgan fingerprint density at radius 1 is 1.13 bits per heavy atom. The third kappa shape index (κ3) is 5.14. The molecule has 0 unspecified atom stereocenters. The van der Waals surface area contributed by atoms with E-state index in [4.69, 9.17) is 9.15 Å². The maximum atomic E-state index is 12.8. The number of hydrogen-bond donors (Lipinski definition) is 1. The summed E-state index contributed by atoms with van der Waals surface area (Å²) in [5.74, 6) is 1.61. The molecule has 1 N–H and O–H groups in total. The van der Waals surface area contributed by atoms with Gasteiger partial charge < -0.3 is 14.5 Å². The van der Waals surface area contributed by atoms with Crippen molar-refractivity contribution in [2.45, 2.75) is 24.1 Å². The van der Waals surface area contributed by atoms with Gasteiger partial charge in [0.2, 0.25) is 11.8 Å². The van der Waals surface area contributed by atoms with E-state index in [1.54, 1.807) is 6.26 Å². The molecule has 0 bridgehead atoms. The fraction of sp³-hybridized carbons (Fsp3) is 0.304. The van der Waals surface area contributed by atoms with Gasteiger partial charge in [0.25, 0.3) is 0 Å². The van der Waals surface area contributed by atoms with Crippen molar-refractivity contribution in [2.24, 2.45) is 0 Å². The van der Waals surface area contributed by atoms with Crippen LogP contribution in [-0.2, 0) is 20.8 Å². The van der Waals surface area contributed by atoms with Crippen LogP contribution in [-0.4, -0.2) is 29.9 Å². The van der Waals surface area contributed by atoms with Crippen LogP contribution in [0.25, 0.3) is 11.5 Å². The summed E-state index contributed by atoms with van der Waals surface area (Å²) < 4.78 is 12.1. The molecule has 1 aliphatic rings. The number of oxazole rings is 1. The molecule has 0 saturated carbocycles. The summed E-state index contributed by atoms with van der Waals surface area (Å²) in [5.41, 5.74) is 2.51. The molecule has 0 radical (unpaired) electrons. The predicted octanol–water partition coefficient (Wildman–Crippen LogP) is 5.16. The van der Waals surface area contributed by atoms with Gasteiger partial charge in [-0.1, -0.05) is 46.3 Å². The fourth-order valence-electron chi connectivity index (χ4n) is 3.63. The van der Waals surface area contributed by atoms with Crippen molar-refractivity contribution >= 4 is 33.6 Å². The van der Waals surface area contributed by atoms with E-state index in [2.05, 4.69) is 38.4 Å². The molecule has 1 fully saturated rings. The van der Waals surface area contributed by atoms with E-state index in [1.807, 2.05) is 42.5 Å². The standard InChI is InChI=1S/C23H23BrN2O3S/c24-19-8-4-7-18(13-19)23(9-11-28-12-10-23)26-21(27)16-30-15-20-14-29-22(25-20)17-5-2-1-3-6-17/h1-8,13-14H,9-12,15-16H2,(H,26,27). The molecular formula is C23H23BrN2O3S. The van der Waals surface area contributed by atoms with Crippen molar-refractivity contribution in [2.75, 3.05) is 19.0 Å². The lowest BCUT2D eigenvalue weighted by atomic mass is 9.82. The topological polar surface area (TPSA) is 64.4 Å². The molecule has 0 aliphatic carbocycles. The largest absolute Gasteiger partial charge is 0.444 e. The Bertz CT molecular complexity index is 987. The van der Waals surface area contributed by atoms with Crippen molar-refractivity contribution in [1.82, 2.24) is 10.3 Å². The third-order valence-electron chi connectivity index (χ3n) is 5.16. The monoisotopic (exact) mass is 486 g/mol. The van der Waals surface area contributed by atoms with Gasteiger partial charge in [-0.2, -0.15) is 0 Å². The third-order valence-corrected chi connectivity index (χ3v) is 6.62. The van der Waals surface area contributed by atoms with Crippen LogP contribution in [0, 0.1) is 0 Å². The summed E-state index contributed by atoms with van der Waals surface area (Å²) in [6.45, 7) is 1.28. The number of benzene rings is 2. The Balaban J connectivity index is 1.35. The van der Waals surface area contributed by atoms with Crippen LogP contribution in [0.5, 0.6) is 0 Å². The molecule has 4 rings (SSSR count). The van der Waals surface area contributed by atoms with Crippen molar-refractivity contribution in [3.63, 3.8) is 0 Å². The lowest BCUT2D eigenvalue weighted by Gasteiger charge is -2.38. The minimum atomic E-state index is -0.381. The molecule has 156 valence electrons. The number of carbonyl (C=O) groups is 1. The maximum absolute atomic E-state index is 12.8. The number of hydrogen-bond acceptors (Lipinski definition) is 5. The summed E-state index contributed by atoms with van der Waals surface area (Å²) in [6.07, 6.45) is 3.20. The molecule has 7 heteroatoms. The Labute approximate surface area is 188 Å². The smallest absolute Gasteiger partial charge is 0.230 e. The highest BCUT2D eigenvalue weighted by molar-refractivity contribution is 9.10. The number of ether oxygens (including phenoxy) is 1. The molecule has 3 aromatic rings. The number of carbonyl (C=O) groups excluding carboxylic acids is 1. The van der Waals surface area contributed by atoms with Crippen LogP contribution >= 0.6 is 27.7 Å². The van der Waals surface area contributed by atoms with Crippen molar-refractivity contribution in [1.29, 1.82) is 0 Å². The average molecular weight is 487 g/mol. The summed E-state index contributed by atoms with van der Waals surface area (Å²) >= 11 is 5.08. The molecule has 2 aromatic carbocycles. The van der Waals surface area contributed by atoms with Crippen LogP contribution < -0.4 is 5.32 Å². The highest BCUT2D eigenvalue weighted by atomic mass is 79.9. The molecule has 0 atom stereocenters. The Morgan fingerprint density at radius 3 is 2.70 bits per heavy atom. The molecule has 1 aliphatic heterocycles.